The first-order chi connectivity index (χ1) is 8.66. The van der Waals surface area contributed by atoms with Gasteiger partial charge in [0.2, 0.25) is 5.91 Å². The molecule has 0 aliphatic carbocycles. The molecular formula is C14H19N3O. The molecule has 1 atom stereocenters. The lowest BCUT2D eigenvalue weighted by Crippen LogP contribution is -2.58. The van der Waals surface area contributed by atoms with Crippen LogP contribution in [0.3, 0.4) is 0 Å². The van der Waals surface area contributed by atoms with Crippen molar-refractivity contribution in [3.8, 4) is 0 Å². The molecule has 2 aliphatic heterocycles. The second kappa shape index (κ2) is 4.28. The minimum atomic E-state index is -0.0614. The summed E-state index contributed by atoms with van der Waals surface area (Å²) in [4.78, 5) is 14.2. The zero-order valence-electron chi connectivity index (χ0n) is 10.9. The average molecular weight is 245 g/mol. The zero-order chi connectivity index (χ0) is 12.7. The van der Waals surface area contributed by atoms with E-state index in [0.29, 0.717) is 5.92 Å². The van der Waals surface area contributed by atoms with Crippen LogP contribution in [0.25, 0.3) is 0 Å². The van der Waals surface area contributed by atoms with Gasteiger partial charge in [-0.1, -0.05) is 19.9 Å². The molecule has 4 nitrogen and oxygen atoms in total. The highest BCUT2D eigenvalue weighted by molar-refractivity contribution is 6.04. The van der Waals surface area contributed by atoms with Crippen LogP contribution in [-0.4, -0.2) is 31.6 Å². The van der Waals surface area contributed by atoms with Crippen molar-refractivity contribution in [2.75, 3.05) is 29.9 Å². The van der Waals surface area contributed by atoms with Crippen molar-refractivity contribution in [3.63, 3.8) is 0 Å². The predicted molar refractivity (Wildman–Crippen MR) is 73.2 cm³/mol. The molecule has 1 aromatic rings. The molecule has 0 bridgehead atoms. The van der Waals surface area contributed by atoms with E-state index < -0.39 is 0 Å². The zero-order valence-corrected chi connectivity index (χ0v) is 10.9. The molecular weight excluding hydrogens is 226 g/mol. The molecule has 2 N–H and O–H groups in total. The molecule has 1 fully saturated rings. The van der Waals surface area contributed by atoms with Crippen molar-refractivity contribution in [2.24, 2.45) is 0 Å². The molecule has 1 amide bonds. The maximum Gasteiger partial charge on any atom is 0.248 e. The molecule has 0 saturated carbocycles. The van der Waals surface area contributed by atoms with Crippen molar-refractivity contribution in [2.45, 2.75) is 25.8 Å². The van der Waals surface area contributed by atoms with Gasteiger partial charge >= 0.3 is 0 Å². The van der Waals surface area contributed by atoms with E-state index in [1.165, 1.54) is 11.3 Å². The van der Waals surface area contributed by atoms with E-state index in [0.717, 1.165) is 25.3 Å². The number of fused-ring (bicyclic) bond motifs is 3. The minimum absolute atomic E-state index is 0.0614. The standard InChI is InChI=1S/C14H19N3O/c1-9(2)10-3-4-11-12(7-10)17-6-5-15-8-13(17)14(18)16-11/h3-4,7,9,13,15H,5-6,8H2,1-2H3,(H,16,18). The summed E-state index contributed by atoms with van der Waals surface area (Å²) in [7, 11) is 0. The third-order valence-corrected chi connectivity index (χ3v) is 3.80. The summed E-state index contributed by atoms with van der Waals surface area (Å²) in [5.41, 5.74) is 3.44. The topological polar surface area (TPSA) is 44.4 Å². The van der Waals surface area contributed by atoms with Gasteiger partial charge in [-0.15, -0.1) is 0 Å². The van der Waals surface area contributed by atoms with Gasteiger partial charge in [-0.05, 0) is 23.6 Å². The van der Waals surface area contributed by atoms with Crippen LogP contribution in [0.5, 0.6) is 0 Å². The van der Waals surface area contributed by atoms with Gasteiger partial charge in [0, 0.05) is 19.6 Å². The molecule has 18 heavy (non-hydrogen) atoms. The Labute approximate surface area is 107 Å². The van der Waals surface area contributed by atoms with Crippen LogP contribution in [0.2, 0.25) is 0 Å². The fourth-order valence-electron chi connectivity index (χ4n) is 2.69. The summed E-state index contributed by atoms with van der Waals surface area (Å²) in [5, 5.41) is 6.28. The number of nitrogens with zero attached hydrogens (tertiary/aromatic N) is 1. The Morgan fingerprint density at radius 2 is 2.22 bits per heavy atom. The van der Waals surface area contributed by atoms with E-state index in [2.05, 4.69) is 41.5 Å². The van der Waals surface area contributed by atoms with Gasteiger partial charge in [0.25, 0.3) is 0 Å². The smallest absolute Gasteiger partial charge is 0.248 e. The molecule has 96 valence electrons. The van der Waals surface area contributed by atoms with Crippen molar-refractivity contribution in [1.82, 2.24) is 5.32 Å². The molecule has 4 heteroatoms. The number of anilines is 2. The van der Waals surface area contributed by atoms with Crippen molar-refractivity contribution in [3.05, 3.63) is 23.8 Å². The fourth-order valence-corrected chi connectivity index (χ4v) is 2.69. The Kier molecular flexibility index (Phi) is 2.74. The largest absolute Gasteiger partial charge is 0.356 e. The van der Waals surface area contributed by atoms with E-state index >= 15 is 0 Å². The molecule has 2 aliphatic rings. The number of benzene rings is 1. The molecule has 1 aromatic carbocycles. The molecule has 1 unspecified atom stereocenters. The third-order valence-electron chi connectivity index (χ3n) is 3.80. The van der Waals surface area contributed by atoms with Crippen LogP contribution in [0.4, 0.5) is 11.4 Å². The van der Waals surface area contributed by atoms with Crippen molar-refractivity contribution in [1.29, 1.82) is 0 Å². The van der Waals surface area contributed by atoms with Crippen LogP contribution in [0.1, 0.15) is 25.3 Å². The number of carbonyl (C=O) groups excluding carboxylic acids is 1. The number of hydrogen-bond acceptors (Lipinski definition) is 3. The molecule has 0 spiro atoms. The van der Waals surface area contributed by atoms with E-state index in [1.807, 2.05) is 6.07 Å². The monoisotopic (exact) mass is 245 g/mol. The SMILES string of the molecule is CC(C)c1ccc2c(c1)N1CCNCC1C(=O)N2. The number of piperazine rings is 1. The normalized spacial score (nSPS) is 22.5. The van der Waals surface area contributed by atoms with Crippen LogP contribution >= 0.6 is 0 Å². The summed E-state index contributed by atoms with van der Waals surface area (Å²) >= 11 is 0. The van der Waals surface area contributed by atoms with Crippen molar-refractivity contribution < 1.29 is 4.79 Å². The number of hydrogen-bond donors (Lipinski definition) is 2. The van der Waals surface area contributed by atoms with Crippen LogP contribution < -0.4 is 15.5 Å². The van der Waals surface area contributed by atoms with E-state index in [4.69, 9.17) is 0 Å². The highest BCUT2D eigenvalue weighted by Crippen LogP contribution is 2.35. The maximum atomic E-state index is 12.0. The molecule has 0 aromatic heterocycles. The summed E-state index contributed by atoms with van der Waals surface area (Å²) in [6.07, 6.45) is 0. The second-order valence-corrected chi connectivity index (χ2v) is 5.33. The van der Waals surface area contributed by atoms with Gasteiger partial charge in [0.1, 0.15) is 6.04 Å². The van der Waals surface area contributed by atoms with E-state index in [-0.39, 0.29) is 11.9 Å². The summed E-state index contributed by atoms with van der Waals surface area (Å²) in [6, 6.07) is 6.29. The quantitative estimate of drug-likeness (QED) is 0.789. The molecule has 2 heterocycles. The van der Waals surface area contributed by atoms with Gasteiger partial charge in [0.15, 0.2) is 0 Å². The lowest BCUT2D eigenvalue weighted by molar-refractivity contribution is -0.117. The number of rotatable bonds is 1. The Hall–Kier alpha value is -1.55. The molecule has 1 saturated heterocycles. The molecule has 3 rings (SSSR count). The lowest BCUT2D eigenvalue weighted by Gasteiger charge is -2.41. The fraction of sp³-hybridized carbons (Fsp3) is 0.500. The Bertz CT molecular complexity index is 484. The summed E-state index contributed by atoms with van der Waals surface area (Å²) in [5.74, 6) is 0.612. The lowest BCUT2D eigenvalue weighted by atomic mass is 9.98. The highest BCUT2D eigenvalue weighted by Gasteiger charge is 2.34. The van der Waals surface area contributed by atoms with Gasteiger partial charge in [-0.25, -0.2) is 0 Å². The molecule has 0 radical (unpaired) electrons. The van der Waals surface area contributed by atoms with Gasteiger partial charge in [-0.3, -0.25) is 4.79 Å². The average Bonchev–Trinajstić information content (AvgIpc) is 2.38. The predicted octanol–water partition coefficient (Wildman–Crippen LogP) is 1.54. The Morgan fingerprint density at radius 3 is 3.00 bits per heavy atom. The minimum Gasteiger partial charge on any atom is -0.356 e. The second-order valence-electron chi connectivity index (χ2n) is 5.33. The maximum absolute atomic E-state index is 12.0. The number of carbonyl (C=O) groups is 1. The van der Waals surface area contributed by atoms with Gasteiger partial charge < -0.3 is 15.5 Å². The highest BCUT2D eigenvalue weighted by atomic mass is 16.2. The Balaban J connectivity index is 2.04. The third kappa shape index (κ3) is 1.77. The van der Waals surface area contributed by atoms with E-state index in [9.17, 15) is 4.79 Å². The van der Waals surface area contributed by atoms with Crippen molar-refractivity contribution >= 4 is 17.3 Å². The van der Waals surface area contributed by atoms with Crippen LogP contribution in [0, 0.1) is 0 Å². The summed E-state index contributed by atoms with van der Waals surface area (Å²) < 4.78 is 0. The van der Waals surface area contributed by atoms with Gasteiger partial charge in [0.05, 0.1) is 11.4 Å². The first kappa shape index (κ1) is 11.5. The number of nitrogens with one attached hydrogen (secondary N) is 2. The van der Waals surface area contributed by atoms with Gasteiger partial charge in [-0.2, -0.15) is 0 Å². The summed E-state index contributed by atoms with van der Waals surface area (Å²) in [6.45, 7) is 6.95. The van der Waals surface area contributed by atoms with E-state index in [1.54, 1.807) is 0 Å². The first-order valence-electron chi connectivity index (χ1n) is 6.59. The van der Waals surface area contributed by atoms with Crippen LogP contribution in [0.15, 0.2) is 18.2 Å². The van der Waals surface area contributed by atoms with Crippen LogP contribution in [-0.2, 0) is 4.79 Å². The Morgan fingerprint density at radius 1 is 1.39 bits per heavy atom. The number of amides is 1. The first-order valence-corrected chi connectivity index (χ1v) is 6.59.